The molecule has 3 aliphatic rings. The van der Waals surface area contributed by atoms with E-state index in [1.807, 2.05) is 24.8 Å². The van der Waals surface area contributed by atoms with Crippen molar-refractivity contribution in [1.29, 1.82) is 0 Å². The monoisotopic (exact) mass is 332 g/mol. The Labute approximate surface area is 142 Å². The van der Waals surface area contributed by atoms with Crippen molar-refractivity contribution in [3.05, 3.63) is 23.5 Å². The normalized spacial score (nSPS) is 28.5. The van der Waals surface area contributed by atoms with E-state index < -0.39 is 0 Å². The largest absolute Gasteiger partial charge is 0.492 e. The van der Waals surface area contributed by atoms with Crippen LogP contribution in [0.2, 0.25) is 0 Å². The van der Waals surface area contributed by atoms with Crippen LogP contribution in [0, 0.1) is 0 Å². The lowest BCUT2D eigenvalue weighted by atomic mass is 9.94. The fourth-order valence-electron chi connectivity index (χ4n) is 3.98. The lowest BCUT2D eigenvalue weighted by molar-refractivity contribution is -0.186. The van der Waals surface area contributed by atoms with E-state index in [1.54, 1.807) is 6.20 Å². The van der Waals surface area contributed by atoms with Crippen LogP contribution < -0.4 is 4.74 Å². The van der Waals surface area contributed by atoms with E-state index in [2.05, 4.69) is 4.98 Å². The summed E-state index contributed by atoms with van der Waals surface area (Å²) in [5.41, 5.74) is 0.797. The highest BCUT2D eigenvalue weighted by Gasteiger charge is 2.48. The molecule has 24 heavy (non-hydrogen) atoms. The van der Waals surface area contributed by atoms with E-state index in [0.29, 0.717) is 32.0 Å². The Kier molecular flexibility index (Phi) is 3.77. The fourth-order valence-corrected chi connectivity index (χ4v) is 3.98. The third-order valence-corrected chi connectivity index (χ3v) is 4.91. The Morgan fingerprint density at radius 2 is 2.17 bits per heavy atom. The molecule has 2 saturated heterocycles. The van der Waals surface area contributed by atoms with Crippen LogP contribution in [0.15, 0.2) is 12.3 Å². The number of carbonyl (C=O) groups excluding carboxylic acids is 1. The van der Waals surface area contributed by atoms with E-state index >= 15 is 0 Å². The van der Waals surface area contributed by atoms with Crippen molar-refractivity contribution in [2.45, 2.75) is 44.3 Å². The number of amides is 1. The minimum atomic E-state index is -0.390. The quantitative estimate of drug-likeness (QED) is 0.785. The number of nitrogens with zero attached hydrogens (tertiary/aromatic N) is 2. The maximum atomic E-state index is 13.0. The minimum absolute atomic E-state index is 0.0361. The second kappa shape index (κ2) is 5.70. The Morgan fingerprint density at radius 3 is 2.96 bits per heavy atom. The van der Waals surface area contributed by atoms with Crippen LogP contribution in [0.25, 0.3) is 0 Å². The molecule has 0 aromatic carbocycles. The molecule has 1 aromatic heterocycles. The highest BCUT2D eigenvalue weighted by atomic mass is 16.6. The minimum Gasteiger partial charge on any atom is -0.492 e. The molecular weight excluding hydrogens is 308 g/mol. The third kappa shape index (κ3) is 2.89. The zero-order chi connectivity index (χ0) is 16.8. The number of hydrogen-bond acceptors (Lipinski definition) is 5. The lowest BCUT2D eigenvalue weighted by Gasteiger charge is -2.47. The van der Waals surface area contributed by atoms with Gasteiger partial charge in [-0.25, -0.2) is 4.98 Å². The topological polar surface area (TPSA) is 60.9 Å². The number of pyridine rings is 1. The Morgan fingerprint density at radius 1 is 1.29 bits per heavy atom. The smallest absolute Gasteiger partial charge is 0.272 e. The molecule has 0 N–H and O–H groups in total. The molecular formula is C18H24N2O4. The first-order chi connectivity index (χ1) is 11.5. The summed E-state index contributed by atoms with van der Waals surface area (Å²) < 4.78 is 17.4. The highest BCUT2D eigenvalue weighted by molar-refractivity contribution is 5.92. The second-order valence-corrected chi connectivity index (χ2v) is 7.64. The first kappa shape index (κ1) is 15.8. The summed E-state index contributed by atoms with van der Waals surface area (Å²) in [7, 11) is 0. The summed E-state index contributed by atoms with van der Waals surface area (Å²) >= 11 is 0. The molecule has 2 fully saturated rings. The van der Waals surface area contributed by atoms with Gasteiger partial charge in [0.2, 0.25) is 0 Å². The second-order valence-electron chi connectivity index (χ2n) is 7.64. The number of rotatable bonds is 1. The number of aromatic nitrogens is 1. The predicted octanol–water partition coefficient (Wildman–Crippen LogP) is 1.82. The van der Waals surface area contributed by atoms with Gasteiger partial charge in [-0.15, -0.1) is 0 Å². The van der Waals surface area contributed by atoms with Crippen molar-refractivity contribution >= 4 is 5.91 Å². The van der Waals surface area contributed by atoms with Gasteiger partial charge in [0.15, 0.2) is 0 Å². The number of aryl methyl sites for hydroxylation is 1. The van der Waals surface area contributed by atoms with Gasteiger partial charge in [-0.05, 0) is 38.3 Å². The van der Waals surface area contributed by atoms with Crippen molar-refractivity contribution in [1.82, 2.24) is 9.88 Å². The SMILES string of the molecule is CC1(C)CN(C(=O)c2cc3c(cn2)OCCC3)CC2(CCOC2)O1. The first-order valence-electron chi connectivity index (χ1n) is 8.65. The van der Waals surface area contributed by atoms with Crippen LogP contribution in [0.4, 0.5) is 0 Å². The van der Waals surface area contributed by atoms with E-state index in [0.717, 1.165) is 37.2 Å². The van der Waals surface area contributed by atoms with Gasteiger partial charge in [-0.1, -0.05) is 0 Å². The first-order valence-corrected chi connectivity index (χ1v) is 8.65. The van der Waals surface area contributed by atoms with Crippen LogP contribution in [0.1, 0.15) is 42.7 Å². The zero-order valence-electron chi connectivity index (χ0n) is 14.3. The third-order valence-electron chi connectivity index (χ3n) is 4.91. The van der Waals surface area contributed by atoms with E-state index in [1.165, 1.54) is 0 Å². The molecule has 1 atom stereocenters. The van der Waals surface area contributed by atoms with Crippen LogP contribution in [0.5, 0.6) is 5.75 Å². The molecule has 0 saturated carbocycles. The molecule has 4 heterocycles. The van der Waals surface area contributed by atoms with Crippen molar-refractivity contribution < 1.29 is 19.0 Å². The summed E-state index contributed by atoms with van der Waals surface area (Å²) in [6.07, 6.45) is 4.42. The van der Waals surface area contributed by atoms with E-state index in [9.17, 15) is 4.79 Å². The maximum Gasteiger partial charge on any atom is 0.272 e. The molecule has 6 nitrogen and oxygen atoms in total. The highest BCUT2D eigenvalue weighted by Crippen LogP contribution is 2.35. The van der Waals surface area contributed by atoms with Crippen molar-refractivity contribution in [3.63, 3.8) is 0 Å². The van der Waals surface area contributed by atoms with Gasteiger partial charge in [0, 0.05) is 19.6 Å². The molecule has 1 spiro atoms. The average molecular weight is 332 g/mol. The molecule has 3 aliphatic heterocycles. The fraction of sp³-hybridized carbons (Fsp3) is 0.667. The summed E-state index contributed by atoms with van der Waals surface area (Å²) in [5, 5.41) is 0. The maximum absolute atomic E-state index is 13.0. The summed E-state index contributed by atoms with van der Waals surface area (Å²) in [6, 6.07) is 1.89. The van der Waals surface area contributed by atoms with Gasteiger partial charge < -0.3 is 19.1 Å². The van der Waals surface area contributed by atoms with Crippen LogP contribution >= 0.6 is 0 Å². The van der Waals surface area contributed by atoms with Gasteiger partial charge in [0.25, 0.3) is 5.91 Å². The number of hydrogen-bond donors (Lipinski definition) is 0. The molecule has 130 valence electrons. The van der Waals surface area contributed by atoms with Crippen molar-refractivity contribution in [2.24, 2.45) is 0 Å². The van der Waals surface area contributed by atoms with Gasteiger partial charge in [0.1, 0.15) is 17.0 Å². The molecule has 1 amide bonds. The van der Waals surface area contributed by atoms with Crippen molar-refractivity contribution in [2.75, 3.05) is 32.9 Å². The van der Waals surface area contributed by atoms with Crippen LogP contribution in [0.3, 0.4) is 0 Å². The number of ether oxygens (including phenoxy) is 3. The van der Waals surface area contributed by atoms with E-state index in [4.69, 9.17) is 14.2 Å². The molecule has 0 radical (unpaired) electrons. The molecule has 0 bridgehead atoms. The molecule has 1 aromatic rings. The molecule has 6 heteroatoms. The molecule has 1 unspecified atom stereocenters. The van der Waals surface area contributed by atoms with Gasteiger partial charge in [-0.3, -0.25) is 4.79 Å². The van der Waals surface area contributed by atoms with Gasteiger partial charge >= 0.3 is 0 Å². The number of carbonyl (C=O) groups is 1. The Balaban J connectivity index is 1.59. The standard InChI is InChI=1S/C18H24N2O4/c1-17(2)10-20(11-18(24-17)5-7-22-12-18)16(21)14-8-13-4-3-6-23-15(13)9-19-14/h8-9H,3-7,10-12H2,1-2H3. The van der Waals surface area contributed by atoms with Gasteiger partial charge in [-0.2, -0.15) is 0 Å². The average Bonchev–Trinajstić information content (AvgIpc) is 2.99. The summed E-state index contributed by atoms with van der Waals surface area (Å²) in [5.74, 6) is 0.770. The zero-order valence-corrected chi connectivity index (χ0v) is 14.3. The van der Waals surface area contributed by atoms with E-state index in [-0.39, 0.29) is 17.1 Å². The molecule has 4 rings (SSSR count). The van der Waals surface area contributed by atoms with Crippen molar-refractivity contribution in [3.8, 4) is 5.75 Å². The van der Waals surface area contributed by atoms with Gasteiger partial charge in [0.05, 0.1) is 31.6 Å². The lowest BCUT2D eigenvalue weighted by Crippen LogP contribution is -2.61. The predicted molar refractivity (Wildman–Crippen MR) is 87.3 cm³/mol. The summed E-state index contributed by atoms with van der Waals surface area (Å²) in [4.78, 5) is 19.3. The molecule has 0 aliphatic carbocycles. The Hall–Kier alpha value is -1.66. The summed E-state index contributed by atoms with van der Waals surface area (Å²) in [6.45, 7) is 7.13. The Bertz CT molecular complexity index is 652. The van der Waals surface area contributed by atoms with Crippen LogP contribution in [-0.2, 0) is 15.9 Å². The number of fused-ring (bicyclic) bond motifs is 1. The van der Waals surface area contributed by atoms with Crippen LogP contribution in [-0.4, -0.2) is 59.9 Å². The number of morpholine rings is 1.